The first kappa shape index (κ1) is 29.8. The molecule has 0 aliphatic rings. The number of fused-ring (bicyclic) bond motifs is 12. The quantitative estimate of drug-likeness (QED) is 0.167. The summed E-state index contributed by atoms with van der Waals surface area (Å²) in [6, 6.07) is 66.8. The molecule has 2 heterocycles. The molecule has 250 valence electrons. The largest absolute Gasteiger partial charge is 0.455 e. The topological polar surface area (TPSA) is 13.1 Å². The highest BCUT2D eigenvalue weighted by molar-refractivity contribution is 7.26. The van der Waals surface area contributed by atoms with E-state index in [1.165, 1.54) is 102 Å². The Hall–Kier alpha value is -6.74. The molecule has 12 aromatic rings. The lowest BCUT2D eigenvalue weighted by Crippen LogP contribution is -1.91. The van der Waals surface area contributed by atoms with Crippen LogP contribution in [0.1, 0.15) is 0 Å². The van der Waals surface area contributed by atoms with Gasteiger partial charge >= 0.3 is 0 Å². The van der Waals surface area contributed by atoms with Crippen LogP contribution in [-0.2, 0) is 0 Å². The zero-order chi connectivity index (χ0) is 35.3. The molecule has 10 aromatic carbocycles. The maximum atomic E-state index is 6.60. The van der Waals surface area contributed by atoms with Crippen LogP contribution < -0.4 is 0 Å². The number of benzene rings is 10. The van der Waals surface area contributed by atoms with Gasteiger partial charge in [-0.05, 0) is 114 Å². The van der Waals surface area contributed by atoms with Crippen LogP contribution in [-0.4, -0.2) is 0 Å². The summed E-state index contributed by atoms with van der Waals surface area (Å²) in [6.07, 6.45) is 0. The van der Waals surface area contributed by atoms with E-state index < -0.39 is 0 Å². The summed E-state index contributed by atoms with van der Waals surface area (Å²) in [5.74, 6) is 0. The standard InChI is InChI=1S/C52H30OS/c1-2-11-33-28-37(21-20-31(33)10-1)49-41-17-5-3-15-39(41)48(40-16-4-6-18-42(40)49)36-13-9-12-34(29-36)35-24-26-46-44(30-35)51-47(54-46)27-23-32-22-25-43-38-14-7-8-19-45(38)53-52(43)50(32)51/h1-30H. The number of furan rings is 1. The smallest absolute Gasteiger partial charge is 0.143 e. The number of hydrogen-bond acceptors (Lipinski definition) is 2. The fourth-order valence-corrected chi connectivity index (χ4v) is 10.1. The molecule has 0 atom stereocenters. The first-order valence-corrected chi connectivity index (χ1v) is 19.3. The predicted molar refractivity (Wildman–Crippen MR) is 233 cm³/mol. The fourth-order valence-electron chi connectivity index (χ4n) is 8.99. The molecular weight excluding hydrogens is 673 g/mol. The maximum Gasteiger partial charge on any atom is 0.143 e. The Bertz CT molecular complexity index is 3450. The summed E-state index contributed by atoms with van der Waals surface area (Å²) in [7, 11) is 0. The van der Waals surface area contributed by atoms with E-state index in [1.54, 1.807) is 0 Å². The van der Waals surface area contributed by atoms with Crippen LogP contribution in [0.2, 0.25) is 0 Å². The van der Waals surface area contributed by atoms with Gasteiger partial charge in [0.2, 0.25) is 0 Å². The molecule has 0 amide bonds. The molecule has 2 aromatic heterocycles. The van der Waals surface area contributed by atoms with Crippen molar-refractivity contribution >= 4 is 96.5 Å². The van der Waals surface area contributed by atoms with Gasteiger partial charge in [0, 0.05) is 36.3 Å². The van der Waals surface area contributed by atoms with Crippen molar-refractivity contribution < 1.29 is 4.42 Å². The number of para-hydroxylation sites is 1. The van der Waals surface area contributed by atoms with Crippen LogP contribution in [0.4, 0.5) is 0 Å². The minimum Gasteiger partial charge on any atom is -0.455 e. The third-order valence-corrected chi connectivity index (χ3v) is 12.5. The van der Waals surface area contributed by atoms with Gasteiger partial charge in [-0.1, -0.05) is 140 Å². The molecule has 0 spiro atoms. The summed E-state index contributed by atoms with van der Waals surface area (Å²) in [5, 5.41) is 14.8. The molecule has 54 heavy (non-hydrogen) atoms. The van der Waals surface area contributed by atoms with Crippen molar-refractivity contribution in [1.82, 2.24) is 0 Å². The molecule has 0 N–H and O–H groups in total. The van der Waals surface area contributed by atoms with Crippen molar-refractivity contribution in [3.8, 4) is 33.4 Å². The molecule has 12 rings (SSSR count). The van der Waals surface area contributed by atoms with Crippen molar-refractivity contribution in [2.75, 3.05) is 0 Å². The lowest BCUT2D eigenvalue weighted by molar-refractivity contribution is 0.673. The molecule has 2 heteroatoms. The second kappa shape index (κ2) is 11.4. The molecule has 0 fully saturated rings. The molecule has 0 saturated carbocycles. The summed E-state index contributed by atoms with van der Waals surface area (Å²) in [4.78, 5) is 0. The Morgan fingerprint density at radius 1 is 0.315 bits per heavy atom. The van der Waals surface area contributed by atoms with E-state index in [2.05, 4.69) is 176 Å². The summed E-state index contributed by atoms with van der Waals surface area (Å²) in [5.41, 5.74) is 9.32. The summed E-state index contributed by atoms with van der Waals surface area (Å²) >= 11 is 1.86. The van der Waals surface area contributed by atoms with E-state index in [-0.39, 0.29) is 0 Å². The average molecular weight is 703 g/mol. The van der Waals surface area contributed by atoms with E-state index in [0.29, 0.717) is 0 Å². The minimum absolute atomic E-state index is 0.930. The van der Waals surface area contributed by atoms with E-state index in [4.69, 9.17) is 4.42 Å². The van der Waals surface area contributed by atoms with Gasteiger partial charge in [-0.3, -0.25) is 0 Å². The van der Waals surface area contributed by atoms with Gasteiger partial charge in [0.25, 0.3) is 0 Å². The maximum absolute atomic E-state index is 6.60. The van der Waals surface area contributed by atoms with Gasteiger partial charge in [-0.2, -0.15) is 0 Å². The Morgan fingerprint density at radius 3 is 1.67 bits per heavy atom. The van der Waals surface area contributed by atoms with Crippen LogP contribution in [0.5, 0.6) is 0 Å². The molecule has 1 nitrogen and oxygen atoms in total. The minimum atomic E-state index is 0.930. The van der Waals surface area contributed by atoms with E-state index >= 15 is 0 Å². The van der Waals surface area contributed by atoms with E-state index in [9.17, 15) is 0 Å². The van der Waals surface area contributed by atoms with Crippen LogP contribution in [0.25, 0.3) is 119 Å². The number of thiophene rings is 1. The van der Waals surface area contributed by atoms with Crippen LogP contribution in [0.3, 0.4) is 0 Å². The molecule has 0 radical (unpaired) electrons. The van der Waals surface area contributed by atoms with Crippen molar-refractivity contribution in [3.05, 3.63) is 182 Å². The van der Waals surface area contributed by atoms with Gasteiger partial charge in [-0.25, -0.2) is 0 Å². The van der Waals surface area contributed by atoms with Gasteiger partial charge in [0.05, 0.1) is 0 Å². The molecule has 0 unspecified atom stereocenters. The van der Waals surface area contributed by atoms with Gasteiger partial charge in [0.15, 0.2) is 0 Å². The first-order valence-electron chi connectivity index (χ1n) is 18.5. The third-order valence-electron chi connectivity index (χ3n) is 11.4. The Morgan fingerprint density at radius 2 is 0.889 bits per heavy atom. The molecule has 0 saturated heterocycles. The van der Waals surface area contributed by atoms with Crippen LogP contribution in [0.15, 0.2) is 186 Å². The highest BCUT2D eigenvalue weighted by Gasteiger charge is 2.19. The fraction of sp³-hybridized carbons (Fsp3) is 0. The van der Waals surface area contributed by atoms with Crippen LogP contribution in [0, 0.1) is 0 Å². The van der Waals surface area contributed by atoms with Crippen molar-refractivity contribution in [2.24, 2.45) is 0 Å². The zero-order valence-electron chi connectivity index (χ0n) is 29.1. The second-order valence-corrected chi connectivity index (χ2v) is 15.5. The Kier molecular flexibility index (Phi) is 6.28. The van der Waals surface area contributed by atoms with Gasteiger partial charge in [0.1, 0.15) is 11.2 Å². The van der Waals surface area contributed by atoms with E-state index in [1.807, 2.05) is 17.4 Å². The molecule has 0 aliphatic heterocycles. The van der Waals surface area contributed by atoms with Crippen molar-refractivity contribution in [3.63, 3.8) is 0 Å². The second-order valence-electron chi connectivity index (χ2n) is 14.4. The number of rotatable bonds is 3. The molecular formula is C52H30OS. The van der Waals surface area contributed by atoms with E-state index in [0.717, 1.165) is 16.6 Å². The third kappa shape index (κ3) is 4.32. The first-order chi connectivity index (χ1) is 26.8. The highest BCUT2D eigenvalue weighted by atomic mass is 32.1. The van der Waals surface area contributed by atoms with Gasteiger partial charge in [-0.15, -0.1) is 11.3 Å². The van der Waals surface area contributed by atoms with Gasteiger partial charge < -0.3 is 4.42 Å². The molecule has 0 aliphatic carbocycles. The Labute approximate surface area is 314 Å². The molecule has 0 bridgehead atoms. The zero-order valence-corrected chi connectivity index (χ0v) is 30.0. The van der Waals surface area contributed by atoms with Crippen LogP contribution >= 0.6 is 11.3 Å². The number of hydrogen-bond donors (Lipinski definition) is 0. The predicted octanol–water partition coefficient (Wildman–Crippen LogP) is 15.6. The highest BCUT2D eigenvalue weighted by Crippen LogP contribution is 2.47. The normalized spacial score (nSPS) is 12.1. The average Bonchev–Trinajstić information content (AvgIpc) is 3.81. The van der Waals surface area contributed by atoms with Crippen molar-refractivity contribution in [2.45, 2.75) is 0 Å². The van der Waals surface area contributed by atoms with Crippen molar-refractivity contribution in [1.29, 1.82) is 0 Å². The summed E-state index contributed by atoms with van der Waals surface area (Å²) in [6.45, 7) is 0. The lowest BCUT2D eigenvalue weighted by Gasteiger charge is -2.18. The monoisotopic (exact) mass is 702 g/mol. The summed E-state index contributed by atoms with van der Waals surface area (Å²) < 4.78 is 9.16. The SMILES string of the molecule is c1cc(-c2ccc3sc4ccc5ccc6c7ccccc7oc6c5c4c3c2)cc(-c2c3ccccc3c(-c3ccc4ccccc4c3)c3ccccc23)c1. The Balaban J connectivity index is 1.07. The lowest BCUT2D eigenvalue weighted by atomic mass is 9.85.